The van der Waals surface area contributed by atoms with E-state index in [1.165, 1.54) is 0 Å². The highest BCUT2D eigenvalue weighted by molar-refractivity contribution is 4.71. The summed E-state index contributed by atoms with van der Waals surface area (Å²) in [5.41, 5.74) is 0.183. The van der Waals surface area contributed by atoms with Crippen LogP contribution >= 0.6 is 0 Å². The molecular weight excluding hydrogens is 164 g/mol. The zero-order valence-electron chi connectivity index (χ0n) is 9.35. The molecule has 0 rings (SSSR count). The zero-order chi connectivity index (χ0) is 10.3. The second-order valence-corrected chi connectivity index (χ2v) is 4.42. The van der Waals surface area contributed by atoms with Gasteiger partial charge in [0.25, 0.3) is 0 Å². The van der Waals surface area contributed by atoms with Crippen LogP contribution in [0.4, 0.5) is 0 Å². The van der Waals surface area contributed by atoms with Crippen LogP contribution in [0, 0.1) is 0 Å². The number of hydrogen-bond donors (Lipinski definition) is 3. The Labute approximate surface area is 81.9 Å². The average molecular weight is 188 g/mol. The van der Waals surface area contributed by atoms with Gasteiger partial charge in [0, 0.05) is 24.7 Å². The quantitative estimate of drug-likeness (QED) is 0.539. The van der Waals surface area contributed by atoms with Crippen LogP contribution in [-0.4, -0.2) is 36.4 Å². The Morgan fingerprint density at radius 1 is 1.23 bits per heavy atom. The van der Waals surface area contributed by atoms with Gasteiger partial charge in [-0.15, -0.1) is 0 Å². The molecule has 0 aliphatic carbocycles. The smallest absolute Gasteiger partial charge is 0.0584 e. The third-order valence-electron chi connectivity index (χ3n) is 1.93. The fraction of sp³-hybridized carbons (Fsp3) is 1.00. The number of hydrogen-bond acceptors (Lipinski definition) is 3. The summed E-state index contributed by atoms with van der Waals surface area (Å²) in [7, 11) is 0. The summed E-state index contributed by atoms with van der Waals surface area (Å²) >= 11 is 0. The zero-order valence-corrected chi connectivity index (χ0v) is 9.35. The van der Waals surface area contributed by atoms with E-state index >= 15 is 0 Å². The van der Waals surface area contributed by atoms with Crippen LogP contribution < -0.4 is 10.6 Å². The summed E-state index contributed by atoms with van der Waals surface area (Å²) in [5.74, 6) is 0. The molecule has 80 valence electrons. The molecule has 0 bridgehead atoms. The van der Waals surface area contributed by atoms with E-state index in [0.29, 0.717) is 0 Å². The van der Waals surface area contributed by atoms with Crippen molar-refractivity contribution >= 4 is 0 Å². The topological polar surface area (TPSA) is 44.3 Å². The van der Waals surface area contributed by atoms with Gasteiger partial charge in [-0.05, 0) is 27.2 Å². The maximum atomic E-state index is 8.90. The van der Waals surface area contributed by atoms with Crippen LogP contribution in [0.2, 0.25) is 0 Å². The van der Waals surface area contributed by atoms with Gasteiger partial charge in [0.1, 0.15) is 0 Å². The van der Waals surface area contributed by atoms with Crippen molar-refractivity contribution in [2.45, 2.75) is 45.7 Å². The largest absolute Gasteiger partial charge is 0.395 e. The van der Waals surface area contributed by atoms with Crippen molar-refractivity contribution in [3.05, 3.63) is 0 Å². The van der Waals surface area contributed by atoms with E-state index in [4.69, 9.17) is 5.11 Å². The van der Waals surface area contributed by atoms with E-state index in [2.05, 4.69) is 38.3 Å². The van der Waals surface area contributed by atoms with E-state index in [1.54, 1.807) is 0 Å². The molecule has 0 aliphatic heterocycles. The summed E-state index contributed by atoms with van der Waals surface area (Å²) in [6.45, 7) is 10.6. The summed E-state index contributed by atoms with van der Waals surface area (Å²) in [6.07, 6.45) is 0.978. The first-order valence-corrected chi connectivity index (χ1v) is 5.09. The molecule has 0 amide bonds. The molecule has 13 heavy (non-hydrogen) atoms. The molecule has 0 heterocycles. The van der Waals surface area contributed by atoms with Gasteiger partial charge in [0.15, 0.2) is 0 Å². The van der Waals surface area contributed by atoms with E-state index in [0.717, 1.165) is 19.5 Å². The number of rotatable bonds is 6. The van der Waals surface area contributed by atoms with Gasteiger partial charge in [-0.1, -0.05) is 6.92 Å². The summed E-state index contributed by atoms with van der Waals surface area (Å²) in [4.78, 5) is 0. The van der Waals surface area contributed by atoms with Crippen molar-refractivity contribution in [3.63, 3.8) is 0 Å². The molecule has 0 aromatic carbocycles. The van der Waals surface area contributed by atoms with Gasteiger partial charge in [-0.25, -0.2) is 0 Å². The Balaban J connectivity index is 3.34. The highest BCUT2D eigenvalue weighted by Gasteiger charge is 2.08. The van der Waals surface area contributed by atoms with E-state index in [9.17, 15) is 0 Å². The molecule has 1 atom stereocenters. The SMILES string of the molecule is CCC(CO)NCCNC(C)(C)C. The third kappa shape index (κ3) is 8.22. The van der Waals surface area contributed by atoms with Crippen LogP contribution in [0.25, 0.3) is 0 Å². The van der Waals surface area contributed by atoms with Gasteiger partial charge >= 0.3 is 0 Å². The maximum Gasteiger partial charge on any atom is 0.0584 e. The van der Waals surface area contributed by atoms with Crippen LogP contribution in [0.15, 0.2) is 0 Å². The Hall–Kier alpha value is -0.120. The Bertz CT molecular complexity index is 117. The molecule has 3 heteroatoms. The van der Waals surface area contributed by atoms with Crippen LogP contribution in [-0.2, 0) is 0 Å². The van der Waals surface area contributed by atoms with Crippen LogP contribution in [0.3, 0.4) is 0 Å². The predicted octanol–water partition coefficient (Wildman–Crippen LogP) is 0.735. The minimum atomic E-state index is 0.183. The first kappa shape index (κ1) is 12.9. The van der Waals surface area contributed by atoms with Crippen molar-refractivity contribution in [1.82, 2.24) is 10.6 Å². The van der Waals surface area contributed by atoms with Crippen LogP contribution in [0.1, 0.15) is 34.1 Å². The van der Waals surface area contributed by atoms with Gasteiger partial charge < -0.3 is 15.7 Å². The highest BCUT2D eigenvalue weighted by Crippen LogP contribution is 1.96. The third-order valence-corrected chi connectivity index (χ3v) is 1.93. The molecule has 0 radical (unpaired) electrons. The fourth-order valence-corrected chi connectivity index (χ4v) is 1.05. The molecule has 3 N–H and O–H groups in total. The van der Waals surface area contributed by atoms with E-state index in [-0.39, 0.29) is 18.2 Å². The van der Waals surface area contributed by atoms with Gasteiger partial charge in [-0.2, -0.15) is 0 Å². The second-order valence-electron chi connectivity index (χ2n) is 4.42. The second kappa shape index (κ2) is 6.35. The lowest BCUT2D eigenvalue weighted by atomic mass is 10.1. The summed E-state index contributed by atoms with van der Waals surface area (Å²) in [6, 6.07) is 0.252. The molecule has 0 aromatic rings. The van der Waals surface area contributed by atoms with E-state index in [1.807, 2.05) is 0 Å². The van der Waals surface area contributed by atoms with Gasteiger partial charge in [-0.3, -0.25) is 0 Å². The fourth-order valence-electron chi connectivity index (χ4n) is 1.05. The molecule has 0 aromatic heterocycles. The molecule has 0 spiro atoms. The minimum absolute atomic E-state index is 0.183. The lowest BCUT2D eigenvalue weighted by Gasteiger charge is -2.21. The van der Waals surface area contributed by atoms with Crippen LogP contribution in [0.5, 0.6) is 0 Å². The molecule has 1 unspecified atom stereocenters. The minimum Gasteiger partial charge on any atom is -0.395 e. The summed E-state index contributed by atoms with van der Waals surface area (Å²) < 4.78 is 0. The standard InChI is InChI=1S/C10H24N2O/c1-5-9(8-13)11-6-7-12-10(2,3)4/h9,11-13H,5-8H2,1-4H3. The molecule has 3 nitrogen and oxygen atoms in total. The average Bonchev–Trinajstić information content (AvgIpc) is 2.03. The first-order chi connectivity index (χ1) is 5.99. The Morgan fingerprint density at radius 3 is 2.23 bits per heavy atom. The molecule has 0 fully saturated rings. The van der Waals surface area contributed by atoms with Gasteiger partial charge in [0.05, 0.1) is 6.61 Å². The lowest BCUT2D eigenvalue weighted by molar-refractivity contribution is 0.238. The Morgan fingerprint density at radius 2 is 1.85 bits per heavy atom. The monoisotopic (exact) mass is 188 g/mol. The molecular formula is C10H24N2O. The van der Waals surface area contributed by atoms with Crippen molar-refractivity contribution in [2.24, 2.45) is 0 Å². The van der Waals surface area contributed by atoms with Gasteiger partial charge in [0.2, 0.25) is 0 Å². The predicted molar refractivity (Wildman–Crippen MR) is 56.9 cm³/mol. The van der Waals surface area contributed by atoms with E-state index < -0.39 is 0 Å². The number of nitrogens with one attached hydrogen (secondary N) is 2. The lowest BCUT2D eigenvalue weighted by Crippen LogP contribution is -2.43. The number of aliphatic hydroxyl groups excluding tert-OH is 1. The van der Waals surface area contributed by atoms with Crippen molar-refractivity contribution < 1.29 is 5.11 Å². The van der Waals surface area contributed by atoms with Crippen molar-refractivity contribution in [3.8, 4) is 0 Å². The molecule has 0 saturated carbocycles. The highest BCUT2D eigenvalue weighted by atomic mass is 16.3. The van der Waals surface area contributed by atoms with Crippen molar-refractivity contribution in [2.75, 3.05) is 19.7 Å². The molecule has 0 aliphatic rings. The Kier molecular flexibility index (Phi) is 6.29. The first-order valence-electron chi connectivity index (χ1n) is 5.09. The number of aliphatic hydroxyl groups is 1. The summed E-state index contributed by atoms with van der Waals surface area (Å²) in [5, 5.41) is 15.6. The maximum absolute atomic E-state index is 8.90. The van der Waals surface area contributed by atoms with Crippen molar-refractivity contribution in [1.29, 1.82) is 0 Å². The normalized spacial score (nSPS) is 14.5. The molecule has 0 saturated heterocycles.